The predicted molar refractivity (Wildman–Crippen MR) is 93.6 cm³/mol. The molecule has 28 heavy (non-hydrogen) atoms. The Balaban J connectivity index is 2.33. The van der Waals surface area contributed by atoms with Gasteiger partial charge in [-0.1, -0.05) is 12.1 Å². The number of rotatable bonds is 4. The Morgan fingerprint density at radius 3 is 2.43 bits per heavy atom. The van der Waals surface area contributed by atoms with Gasteiger partial charge in [-0.25, -0.2) is 0 Å². The Hall–Kier alpha value is -2.71. The molecule has 148 valence electrons. The number of fused-ring (bicyclic) bond motifs is 3. The number of carbonyl (C=O) groups excluding carboxylic acids is 5. The molecule has 2 aliphatic rings. The second-order valence-corrected chi connectivity index (χ2v) is 7.49. The fourth-order valence-corrected chi connectivity index (χ4v) is 4.31. The monoisotopic (exact) mass is 388 g/mol. The SMILES string of the molecule is CC(=O)Oc1cccc2c1C(=O)[C@H](C(=O)C=O)[C@@H]1[C@@H](C=O)OC(C)(C)O[C@]21C. The van der Waals surface area contributed by atoms with E-state index in [4.69, 9.17) is 14.2 Å². The molecule has 0 radical (unpaired) electrons. The van der Waals surface area contributed by atoms with Crippen molar-refractivity contribution in [2.75, 3.05) is 0 Å². The van der Waals surface area contributed by atoms with Crippen molar-refractivity contribution in [2.24, 2.45) is 11.8 Å². The summed E-state index contributed by atoms with van der Waals surface area (Å²) in [6, 6.07) is 4.61. The van der Waals surface area contributed by atoms with Crippen molar-refractivity contribution in [1.82, 2.24) is 0 Å². The summed E-state index contributed by atoms with van der Waals surface area (Å²) in [4.78, 5) is 60.2. The van der Waals surface area contributed by atoms with E-state index in [9.17, 15) is 24.0 Å². The average Bonchev–Trinajstić information content (AvgIpc) is 2.60. The lowest BCUT2D eigenvalue weighted by Gasteiger charge is -2.54. The fraction of sp³-hybridized carbons (Fsp3) is 0.450. The zero-order valence-corrected chi connectivity index (χ0v) is 15.9. The predicted octanol–water partition coefficient (Wildman–Crippen LogP) is 1.37. The van der Waals surface area contributed by atoms with E-state index >= 15 is 0 Å². The molecule has 0 spiro atoms. The van der Waals surface area contributed by atoms with Crippen molar-refractivity contribution in [2.45, 2.75) is 45.2 Å². The molecule has 0 saturated carbocycles. The highest BCUT2D eigenvalue weighted by Gasteiger charge is 2.61. The summed E-state index contributed by atoms with van der Waals surface area (Å²) in [6.07, 6.45) is -0.603. The molecule has 1 aliphatic heterocycles. The molecular formula is C20H20O8. The normalized spacial score (nSPS) is 30.6. The van der Waals surface area contributed by atoms with Crippen LogP contribution in [0.1, 0.15) is 43.6 Å². The van der Waals surface area contributed by atoms with E-state index in [1.54, 1.807) is 32.9 Å². The van der Waals surface area contributed by atoms with E-state index in [-0.39, 0.29) is 17.6 Å². The zero-order chi connectivity index (χ0) is 20.9. The van der Waals surface area contributed by atoms with Gasteiger partial charge in [-0.3, -0.25) is 19.2 Å². The van der Waals surface area contributed by atoms with Crippen molar-refractivity contribution in [1.29, 1.82) is 0 Å². The summed E-state index contributed by atoms with van der Waals surface area (Å²) in [5, 5.41) is 0. The van der Waals surface area contributed by atoms with E-state index < -0.39 is 46.9 Å². The molecule has 0 aromatic heterocycles. The molecule has 1 fully saturated rings. The number of benzene rings is 1. The minimum atomic E-state index is -1.50. The molecule has 1 aromatic carbocycles. The van der Waals surface area contributed by atoms with Gasteiger partial charge in [-0.05, 0) is 32.4 Å². The number of carbonyl (C=O) groups is 5. The third kappa shape index (κ3) is 2.98. The van der Waals surface area contributed by atoms with Gasteiger partial charge in [-0.15, -0.1) is 0 Å². The molecule has 4 atom stereocenters. The van der Waals surface area contributed by atoms with Crippen LogP contribution in [0.4, 0.5) is 0 Å². The zero-order valence-electron chi connectivity index (χ0n) is 15.9. The summed E-state index contributed by atoms with van der Waals surface area (Å²) < 4.78 is 16.9. The second-order valence-electron chi connectivity index (χ2n) is 7.49. The third-order valence-electron chi connectivity index (χ3n) is 5.13. The molecule has 1 aromatic rings. The number of ether oxygens (including phenoxy) is 3. The Morgan fingerprint density at radius 2 is 1.86 bits per heavy atom. The summed E-state index contributed by atoms with van der Waals surface area (Å²) >= 11 is 0. The number of Topliss-reactive ketones (excluding diaryl/α,β-unsaturated/α-hetero) is 2. The van der Waals surface area contributed by atoms with Gasteiger partial charge >= 0.3 is 5.97 Å². The largest absolute Gasteiger partial charge is 0.426 e. The fourth-order valence-electron chi connectivity index (χ4n) is 4.31. The van der Waals surface area contributed by atoms with Gasteiger partial charge in [0.25, 0.3) is 0 Å². The Kier molecular flexibility index (Phi) is 4.81. The summed E-state index contributed by atoms with van der Waals surface area (Å²) in [7, 11) is 0. The highest BCUT2D eigenvalue weighted by molar-refractivity contribution is 6.34. The highest BCUT2D eigenvalue weighted by atomic mass is 16.7. The van der Waals surface area contributed by atoms with E-state index in [0.717, 1.165) is 0 Å². The van der Waals surface area contributed by atoms with Gasteiger partial charge in [0, 0.05) is 12.8 Å². The Labute approximate surface area is 161 Å². The number of hydrogen-bond acceptors (Lipinski definition) is 8. The van der Waals surface area contributed by atoms with Crippen molar-refractivity contribution in [3.63, 3.8) is 0 Å². The van der Waals surface area contributed by atoms with Gasteiger partial charge < -0.3 is 19.0 Å². The lowest BCUT2D eigenvalue weighted by atomic mass is 9.62. The number of ketones is 2. The molecule has 8 nitrogen and oxygen atoms in total. The van der Waals surface area contributed by atoms with Crippen LogP contribution in [-0.2, 0) is 34.3 Å². The number of esters is 1. The standard InChI is InChI=1S/C20H20O8/c1-10(23)26-13-7-5-6-11-15(13)18(25)16(12(24)8-21)17-14(9-22)27-19(2,3)28-20(11,17)4/h5-9,14,16-17H,1-4H3/t14-,16-,17+,20-/m1/s1. The maximum atomic E-state index is 13.2. The molecule has 3 rings (SSSR count). The van der Waals surface area contributed by atoms with Gasteiger partial charge in [0.2, 0.25) is 5.78 Å². The first-order valence-corrected chi connectivity index (χ1v) is 8.74. The molecule has 8 heteroatoms. The van der Waals surface area contributed by atoms with Crippen molar-refractivity contribution >= 4 is 30.1 Å². The molecule has 0 N–H and O–H groups in total. The van der Waals surface area contributed by atoms with Crippen LogP contribution < -0.4 is 4.74 Å². The van der Waals surface area contributed by atoms with Crippen molar-refractivity contribution in [3.05, 3.63) is 29.3 Å². The number of hydrogen-bond donors (Lipinski definition) is 0. The first kappa shape index (κ1) is 20.0. The van der Waals surface area contributed by atoms with Crippen LogP contribution in [-0.4, -0.2) is 42.0 Å². The Morgan fingerprint density at radius 1 is 1.18 bits per heavy atom. The van der Waals surface area contributed by atoms with Crippen molar-refractivity contribution in [3.8, 4) is 5.75 Å². The van der Waals surface area contributed by atoms with Crippen LogP contribution >= 0.6 is 0 Å². The molecule has 1 saturated heterocycles. The summed E-state index contributed by atoms with van der Waals surface area (Å²) in [5.41, 5.74) is -0.978. The molecule has 0 amide bonds. The maximum Gasteiger partial charge on any atom is 0.308 e. The molecule has 0 unspecified atom stereocenters. The minimum absolute atomic E-state index is 0.0148. The second kappa shape index (κ2) is 6.72. The average molecular weight is 388 g/mol. The van der Waals surface area contributed by atoms with Crippen LogP contribution in [0.5, 0.6) is 5.75 Å². The van der Waals surface area contributed by atoms with E-state index in [2.05, 4.69) is 0 Å². The molecular weight excluding hydrogens is 368 g/mol. The first-order chi connectivity index (χ1) is 13.1. The van der Waals surface area contributed by atoms with Crippen LogP contribution in [0.3, 0.4) is 0 Å². The van der Waals surface area contributed by atoms with Gasteiger partial charge in [0.1, 0.15) is 23.7 Å². The smallest absolute Gasteiger partial charge is 0.308 e. The van der Waals surface area contributed by atoms with Gasteiger partial charge in [0.05, 0.1) is 11.5 Å². The summed E-state index contributed by atoms with van der Waals surface area (Å²) in [6.45, 7) is 6.02. The highest BCUT2D eigenvalue weighted by Crippen LogP contribution is 2.54. The van der Waals surface area contributed by atoms with Gasteiger partial charge in [0.15, 0.2) is 17.9 Å². The molecule has 1 aliphatic carbocycles. The summed E-state index contributed by atoms with van der Waals surface area (Å²) in [5.74, 6) is -6.16. The quantitative estimate of drug-likeness (QED) is 0.250. The van der Waals surface area contributed by atoms with E-state index in [1.807, 2.05) is 0 Å². The van der Waals surface area contributed by atoms with Crippen LogP contribution in [0.25, 0.3) is 0 Å². The lowest BCUT2D eigenvalue weighted by molar-refractivity contribution is -0.353. The molecule has 1 heterocycles. The first-order valence-electron chi connectivity index (χ1n) is 8.74. The van der Waals surface area contributed by atoms with Crippen molar-refractivity contribution < 1.29 is 38.2 Å². The Bertz CT molecular complexity index is 886. The van der Waals surface area contributed by atoms with E-state index in [1.165, 1.54) is 13.0 Å². The van der Waals surface area contributed by atoms with Crippen LogP contribution in [0, 0.1) is 11.8 Å². The van der Waals surface area contributed by atoms with E-state index in [0.29, 0.717) is 11.8 Å². The van der Waals surface area contributed by atoms with Crippen LogP contribution in [0.2, 0.25) is 0 Å². The third-order valence-corrected chi connectivity index (χ3v) is 5.13. The van der Waals surface area contributed by atoms with Crippen LogP contribution in [0.15, 0.2) is 18.2 Å². The lowest BCUT2D eigenvalue weighted by Crippen LogP contribution is -2.63. The van der Waals surface area contributed by atoms with Gasteiger partial charge in [-0.2, -0.15) is 0 Å². The number of aldehydes is 2. The topological polar surface area (TPSA) is 113 Å². The maximum absolute atomic E-state index is 13.2. The molecule has 0 bridgehead atoms. The minimum Gasteiger partial charge on any atom is -0.426 e.